The van der Waals surface area contributed by atoms with E-state index in [0.29, 0.717) is 17.2 Å². The molecule has 2 amide bonds. The van der Waals surface area contributed by atoms with Crippen LogP contribution in [0.2, 0.25) is 0 Å². The van der Waals surface area contributed by atoms with Crippen LogP contribution in [0.4, 0.5) is 0 Å². The number of aliphatic carboxylic acids is 1. The van der Waals surface area contributed by atoms with Gasteiger partial charge in [-0.15, -0.1) is 11.8 Å². The van der Waals surface area contributed by atoms with E-state index in [2.05, 4.69) is 10.3 Å². The van der Waals surface area contributed by atoms with Gasteiger partial charge < -0.3 is 25.0 Å². The van der Waals surface area contributed by atoms with Gasteiger partial charge in [-0.05, 0) is 6.07 Å². The number of nitrogens with zero attached hydrogens (tertiary/aromatic N) is 1. The summed E-state index contributed by atoms with van der Waals surface area (Å²) < 4.78 is 4.89. The number of carboxylic acids is 1. The minimum absolute atomic E-state index is 0.105. The maximum atomic E-state index is 12.9. The number of rotatable bonds is 7. The lowest BCUT2D eigenvalue weighted by Gasteiger charge is -2.22. The number of H-pyrrole nitrogens is 1. The van der Waals surface area contributed by atoms with E-state index in [4.69, 9.17) is 9.84 Å². The third kappa shape index (κ3) is 4.00. The van der Waals surface area contributed by atoms with Crippen LogP contribution in [-0.4, -0.2) is 70.2 Å². The number of fused-ring (bicyclic) bond motifs is 1. The van der Waals surface area contributed by atoms with E-state index in [1.54, 1.807) is 11.1 Å². The van der Waals surface area contributed by atoms with E-state index in [1.807, 2.05) is 24.3 Å². The minimum Gasteiger partial charge on any atom is -0.480 e. The van der Waals surface area contributed by atoms with E-state index in [1.165, 1.54) is 11.8 Å². The van der Waals surface area contributed by atoms with Crippen LogP contribution in [0.25, 0.3) is 10.9 Å². The molecule has 8 nitrogen and oxygen atoms in total. The van der Waals surface area contributed by atoms with Gasteiger partial charge in [-0.25, -0.2) is 4.79 Å². The lowest BCUT2D eigenvalue weighted by molar-refractivity contribution is -0.142. The Labute approximate surface area is 153 Å². The molecule has 26 heavy (non-hydrogen) atoms. The number of carbonyl (C=O) groups excluding carboxylic acids is 2. The van der Waals surface area contributed by atoms with Crippen LogP contribution in [0.3, 0.4) is 0 Å². The molecule has 2 aromatic rings. The van der Waals surface area contributed by atoms with Gasteiger partial charge in [0.2, 0.25) is 5.91 Å². The second kappa shape index (κ2) is 8.24. The number of hydrogen-bond donors (Lipinski definition) is 3. The maximum Gasteiger partial charge on any atom is 0.329 e. The van der Waals surface area contributed by atoms with Gasteiger partial charge in [0.05, 0.1) is 18.0 Å². The molecule has 0 bridgehead atoms. The summed E-state index contributed by atoms with van der Waals surface area (Å²) in [6, 6.07) is 6.97. The van der Waals surface area contributed by atoms with Crippen molar-refractivity contribution < 1.29 is 24.2 Å². The Bertz CT molecular complexity index is 822. The Hall–Kier alpha value is -2.52. The van der Waals surface area contributed by atoms with Gasteiger partial charge in [-0.3, -0.25) is 9.59 Å². The summed E-state index contributed by atoms with van der Waals surface area (Å²) in [4.78, 5) is 40.3. The van der Waals surface area contributed by atoms with Crippen LogP contribution in [0.5, 0.6) is 0 Å². The fourth-order valence-corrected chi connectivity index (χ4v) is 3.94. The predicted molar refractivity (Wildman–Crippen MR) is 97.0 cm³/mol. The van der Waals surface area contributed by atoms with Crippen LogP contribution < -0.4 is 5.32 Å². The molecule has 9 heteroatoms. The quantitative estimate of drug-likeness (QED) is 0.618. The number of amides is 2. The van der Waals surface area contributed by atoms with Crippen molar-refractivity contribution in [2.45, 2.75) is 6.04 Å². The smallest absolute Gasteiger partial charge is 0.329 e. The van der Waals surface area contributed by atoms with Crippen LogP contribution >= 0.6 is 11.8 Å². The lowest BCUT2D eigenvalue weighted by atomic mass is 10.1. The molecule has 138 valence electrons. The number of aromatic amines is 1. The minimum atomic E-state index is -1.06. The van der Waals surface area contributed by atoms with Crippen molar-refractivity contribution >= 4 is 40.4 Å². The van der Waals surface area contributed by atoms with Crippen molar-refractivity contribution in [1.82, 2.24) is 15.2 Å². The first-order valence-electron chi connectivity index (χ1n) is 8.10. The molecule has 1 aliphatic rings. The van der Waals surface area contributed by atoms with Crippen molar-refractivity contribution in [1.29, 1.82) is 0 Å². The van der Waals surface area contributed by atoms with E-state index in [9.17, 15) is 14.4 Å². The highest BCUT2D eigenvalue weighted by Crippen LogP contribution is 2.26. The Morgan fingerprint density at radius 2 is 2.15 bits per heavy atom. The first-order chi connectivity index (χ1) is 12.6. The van der Waals surface area contributed by atoms with Crippen molar-refractivity contribution in [3.05, 3.63) is 36.0 Å². The molecule has 0 saturated carbocycles. The molecule has 0 spiro atoms. The molecule has 1 saturated heterocycles. The zero-order valence-electron chi connectivity index (χ0n) is 13.9. The molecule has 1 atom stereocenters. The van der Waals surface area contributed by atoms with Gasteiger partial charge in [0.25, 0.3) is 5.91 Å². The van der Waals surface area contributed by atoms with E-state index < -0.39 is 18.6 Å². The first kappa shape index (κ1) is 18.3. The Morgan fingerprint density at radius 1 is 1.35 bits per heavy atom. The highest BCUT2D eigenvalue weighted by atomic mass is 32.2. The summed E-state index contributed by atoms with van der Waals surface area (Å²) in [6.45, 7) is -0.100. The molecule has 2 heterocycles. The Kier molecular flexibility index (Phi) is 5.79. The third-order valence-corrected chi connectivity index (χ3v) is 5.05. The molecule has 1 aromatic heterocycles. The fourth-order valence-electron chi connectivity index (χ4n) is 2.79. The maximum absolute atomic E-state index is 12.9. The number of thioether (sulfide) groups is 1. The molecule has 3 N–H and O–H groups in total. The van der Waals surface area contributed by atoms with Gasteiger partial charge in [-0.2, -0.15) is 0 Å². The molecule has 1 aromatic carbocycles. The summed E-state index contributed by atoms with van der Waals surface area (Å²) in [7, 11) is 0. The lowest BCUT2D eigenvalue weighted by Crippen LogP contribution is -2.47. The van der Waals surface area contributed by atoms with Crippen LogP contribution in [0, 0.1) is 0 Å². The van der Waals surface area contributed by atoms with E-state index >= 15 is 0 Å². The topological polar surface area (TPSA) is 112 Å². The van der Waals surface area contributed by atoms with Crippen LogP contribution in [-0.2, 0) is 14.3 Å². The second-order valence-corrected chi connectivity index (χ2v) is 6.78. The Balaban J connectivity index is 1.61. The summed E-state index contributed by atoms with van der Waals surface area (Å²) in [6.07, 6.45) is 1.67. The zero-order chi connectivity index (χ0) is 18.5. The monoisotopic (exact) mass is 377 g/mol. The Morgan fingerprint density at radius 3 is 2.96 bits per heavy atom. The van der Waals surface area contributed by atoms with Crippen molar-refractivity contribution in [3.63, 3.8) is 0 Å². The molecular formula is C17H19N3O5S. The van der Waals surface area contributed by atoms with Gasteiger partial charge in [-0.1, -0.05) is 18.2 Å². The number of aromatic nitrogens is 1. The number of carbonyl (C=O) groups is 3. The molecule has 0 aliphatic carbocycles. The van der Waals surface area contributed by atoms with E-state index in [0.717, 1.165) is 10.9 Å². The molecular weight excluding hydrogens is 358 g/mol. The average Bonchev–Trinajstić information content (AvgIpc) is 3.27. The van der Waals surface area contributed by atoms with Gasteiger partial charge in [0.15, 0.2) is 0 Å². The van der Waals surface area contributed by atoms with E-state index in [-0.39, 0.29) is 25.0 Å². The largest absolute Gasteiger partial charge is 0.480 e. The van der Waals surface area contributed by atoms with Gasteiger partial charge in [0.1, 0.15) is 12.6 Å². The highest BCUT2D eigenvalue weighted by Gasteiger charge is 2.35. The predicted octanol–water partition coefficient (Wildman–Crippen LogP) is 0.900. The molecule has 1 unspecified atom stereocenters. The molecule has 1 aliphatic heterocycles. The summed E-state index contributed by atoms with van der Waals surface area (Å²) in [5.74, 6) is -0.530. The average molecular weight is 377 g/mol. The number of hydrogen-bond acceptors (Lipinski definition) is 5. The molecule has 3 rings (SSSR count). The van der Waals surface area contributed by atoms with Crippen molar-refractivity contribution in [3.8, 4) is 0 Å². The fraction of sp³-hybridized carbons (Fsp3) is 0.353. The van der Waals surface area contributed by atoms with Crippen molar-refractivity contribution in [2.75, 3.05) is 31.4 Å². The number of carboxylic acid groups (broad SMARTS) is 1. The molecule has 1 fully saturated rings. The third-order valence-electron chi connectivity index (χ3n) is 4.04. The second-order valence-electron chi connectivity index (χ2n) is 5.78. The normalized spacial score (nSPS) is 16.8. The molecule has 0 radical (unpaired) electrons. The summed E-state index contributed by atoms with van der Waals surface area (Å²) in [5.41, 5.74) is 1.42. The summed E-state index contributed by atoms with van der Waals surface area (Å²) in [5, 5.41) is 12.0. The highest BCUT2D eigenvalue weighted by molar-refractivity contribution is 7.99. The van der Waals surface area contributed by atoms with Crippen molar-refractivity contribution in [2.24, 2.45) is 0 Å². The number of ether oxygens (including phenoxy) is 1. The van der Waals surface area contributed by atoms with Gasteiger partial charge >= 0.3 is 5.97 Å². The zero-order valence-corrected chi connectivity index (χ0v) is 14.8. The number of benzene rings is 1. The number of nitrogens with one attached hydrogen (secondary N) is 2. The summed E-state index contributed by atoms with van der Waals surface area (Å²) >= 11 is 1.52. The van der Waals surface area contributed by atoms with Crippen LogP contribution in [0.1, 0.15) is 10.4 Å². The standard InChI is InChI=1S/C17H19N3O5S/c21-15(22)8-25-6-5-18-16(23)14-9-26-10-20(14)17(24)12-7-19-13-4-2-1-3-11(12)13/h1-4,7,14,19H,5-6,8-10H2,(H,18,23)(H,21,22). The number of para-hydroxylation sites is 1. The SMILES string of the molecule is O=C(O)COCCNC(=O)C1CSCN1C(=O)c1c[nH]c2ccccc12. The van der Waals surface area contributed by atoms with Gasteiger partial charge in [0, 0.05) is 29.4 Å². The van der Waals surface area contributed by atoms with Crippen LogP contribution in [0.15, 0.2) is 30.5 Å². The first-order valence-corrected chi connectivity index (χ1v) is 9.25.